The van der Waals surface area contributed by atoms with E-state index in [1.54, 1.807) is 0 Å². The highest BCUT2D eigenvalue weighted by atomic mass is 19.1. The number of nitrogens with zero attached hydrogens (tertiary/aromatic N) is 3. The quantitative estimate of drug-likeness (QED) is 0.305. The lowest BCUT2D eigenvalue weighted by atomic mass is 9.95. The van der Waals surface area contributed by atoms with E-state index in [4.69, 9.17) is 16.9 Å². The molecule has 1 fully saturated rings. The van der Waals surface area contributed by atoms with Gasteiger partial charge in [-0.05, 0) is 25.0 Å². The molecule has 0 unspecified atom stereocenters. The van der Waals surface area contributed by atoms with E-state index in [-0.39, 0.29) is 62.7 Å². The molecule has 6 rings (SSSR count). The zero-order valence-corrected chi connectivity index (χ0v) is 19.0. The number of fused-ring (bicyclic) bond motifs is 3. The average Bonchev–Trinajstić information content (AvgIpc) is 3.16. The van der Waals surface area contributed by atoms with Crippen molar-refractivity contribution < 1.29 is 17.9 Å². The smallest absolute Gasteiger partial charge is 0.347 e. The van der Waals surface area contributed by atoms with Crippen LogP contribution in [0, 0.1) is 29.8 Å². The van der Waals surface area contributed by atoms with Crippen LogP contribution in [0.5, 0.6) is 5.88 Å². The summed E-state index contributed by atoms with van der Waals surface area (Å²) in [6, 6.07) is 3.24. The Morgan fingerprint density at radius 2 is 1.94 bits per heavy atom. The molecule has 2 aliphatic heterocycles. The number of aromatic nitrogens is 3. The monoisotopic (exact) mass is 491 g/mol. The van der Waals surface area contributed by atoms with Crippen LogP contribution in [0.3, 0.4) is 0 Å². The second-order valence-electron chi connectivity index (χ2n) is 9.05. The maximum absolute atomic E-state index is 16.2. The van der Waals surface area contributed by atoms with Gasteiger partial charge in [0.1, 0.15) is 35.1 Å². The summed E-state index contributed by atoms with van der Waals surface area (Å²) in [5.41, 5.74) is 4.62. The predicted octanol–water partition coefficient (Wildman–Crippen LogP) is 4.26. The molecule has 0 aliphatic carbocycles. The molecule has 4 aromatic rings. The van der Waals surface area contributed by atoms with Gasteiger partial charge in [0.25, 0.3) is 0 Å². The third kappa shape index (κ3) is 3.26. The Morgan fingerprint density at radius 3 is 2.75 bits per heavy atom. The zero-order valence-electron chi connectivity index (χ0n) is 19.0. The van der Waals surface area contributed by atoms with Gasteiger partial charge in [0.2, 0.25) is 5.88 Å². The summed E-state index contributed by atoms with van der Waals surface area (Å²) in [5, 5.41) is 0.106. The van der Waals surface area contributed by atoms with Crippen molar-refractivity contribution in [3.63, 3.8) is 0 Å². The summed E-state index contributed by atoms with van der Waals surface area (Å²) >= 11 is 0. The lowest BCUT2D eigenvalue weighted by Crippen LogP contribution is -2.39. The third-order valence-electron chi connectivity index (χ3n) is 6.89. The van der Waals surface area contributed by atoms with E-state index in [1.807, 2.05) is 4.90 Å². The van der Waals surface area contributed by atoms with E-state index in [0.717, 1.165) is 25.7 Å². The number of nitrogen functional groups attached to an aromatic ring is 1. The van der Waals surface area contributed by atoms with E-state index in [2.05, 4.69) is 20.9 Å². The van der Waals surface area contributed by atoms with Crippen molar-refractivity contribution in [2.45, 2.75) is 31.7 Å². The predicted molar refractivity (Wildman–Crippen MR) is 130 cm³/mol. The molecule has 3 N–H and O–H groups in total. The van der Waals surface area contributed by atoms with Crippen molar-refractivity contribution >= 4 is 33.2 Å². The SMILES string of the molecule is C#Cc1c(F)cc(F)c2cc(N)cc(-c3nc4c5c(nc(=O)[nH]c5c3F)N3CCCCC[C@H]3CO4)c12. The molecule has 36 heavy (non-hydrogen) atoms. The van der Waals surface area contributed by atoms with Crippen LogP contribution in [0.4, 0.5) is 24.7 Å². The minimum atomic E-state index is -0.975. The number of nitrogens with one attached hydrogen (secondary N) is 1. The Labute approximate surface area is 203 Å². The van der Waals surface area contributed by atoms with Crippen LogP contribution in [0.25, 0.3) is 32.9 Å². The van der Waals surface area contributed by atoms with Gasteiger partial charge in [-0.3, -0.25) is 0 Å². The molecule has 2 aromatic carbocycles. The average molecular weight is 491 g/mol. The number of halogens is 3. The number of nitrogens with two attached hydrogens (primary N) is 1. The summed E-state index contributed by atoms with van der Waals surface area (Å²) in [7, 11) is 0. The van der Waals surface area contributed by atoms with Crippen LogP contribution in [0.2, 0.25) is 0 Å². The fraction of sp³-hybridized carbons (Fsp3) is 0.269. The summed E-state index contributed by atoms with van der Waals surface area (Å²) in [6.45, 7) is 0.903. The highest BCUT2D eigenvalue weighted by Crippen LogP contribution is 2.42. The molecule has 182 valence electrons. The van der Waals surface area contributed by atoms with E-state index < -0.39 is 23.1 Å². The molecule has 0 amide bonds. The molecule has 7 nitrogen and oxygen atoms in total. The number of H-pyrrole nitrogens is 1. The molecule has 1 saturated heterocycles. The number of hydrogen-bond donors (Lipinski definition) is 2. The number of ether oxygens (including phenoxy) is 1. The van der Waals surface area contributed by atoms with Crippen molar-refractivity contribution in [1.82, 2.24) is 15.0 Å². The Hall–Kier alpha value is -4.26. The number of pyridine rings is 1. The van der Waals surface area contributed by atoms with Crippen LogP contribution in [-0.4, -0.2) is 34.1 Å². The van der Waals surface area contributed by atoms with Crippen LogP contribution >= 0.6 is 0 Å². The molecule has 2 aliphatic rings. The van der Waals surface area contributed by atoms with Gasteiger partial charge < -0.3 is 20.4 Å². The molecule has 1 atom stereocenters. The van der Waals surface area contributed by atoms with Gasteiger partial charge in [0.15, 0.2) is 5.82 Å². The van der Waals surface area contributed by atoms with Gasteiger partial charge in [-0.2, -0.15) is 4.98 Å². The van der Waals surface area contributed by atoms with Gasteiger partial charge >= 0.3 is 5.69 Å². The van der Waals surface area contributed by atoms with Crippen molar-refractivity contribution in [3.8, 4) is 29.5 Å². The van der Waals surface area contributed by atoms with Gasteiger partial charge in [-0.15, -0.1) is 6.42 Å². The largest absolute Gasteiger partial charge is 0.475 e. The fourth-order valence-electron chi connectivity index (χ4n) is 5.28. The Bertz CT molecular complexity index is 1680. The first kappa shape index (κ1) is 22.2. The van der Waals surface area contributed by atoms with Crippen LogP contribution < -0.4 is 21.1 Å². The van der Waals surface area contributed by atoms with Gasteiger partial charge in [-0.25, -0.2) is 22.9 Å². The Morgan fingerprint density at radius 1 is 1.11 bits per heavy atom. The molecular weight excluding hydrogens is 471 g/mol. The number of terminal acetylenes is 1. The molecular formula is C26H20F3N5O2. The molecule has 4 heterocycles. The maximum atomic E-state index is 16.2. The van der Waals surface area contributed by atoms with Gasteiger partial charge in [0.05, 0.1) is 17.1 Å². The number of benzene rings is 2. The number of anilines is 2. The second kappa shape index (κ2) is 8.16. The van der Waals surface area contributed by atoms with Gasteiger partial charge in [-0.1, -0.05) is 18.8 Å². The van der Waals surface area contributed by atoms with Crippen LogP contribution in [-0.2, 0) is 0 Å². The lowest BCUT2D eigenvalue weighted by molar-refractivity contribution is 0.275. The Balaban J connectivity index is 1.71. The summed E-state index contributed by atoms with van der Waals surface area (Å²) in [5.74, 6) is -0.201. The molecule has 0 bridgehead atoms. The van der Waals surface area contributed by atoms with Crippen molar-refractivity contribution in [1.29, 1.82) is 0 Å². The topological polar surface area (TPSA) is 97.1 Å². The number of rotatable bonds is 1. The highest BCUT2D eigenvalue weighted by molar-refractivity contribution is 6.05. The minimum absolute atomic E-state index is 0.0198. The second-order valence-corrected chi connectivity index (χ2v) is 9.05. The molecule has 10 heteroatoms. The summed E-state index contributed by atoms with van der Waals surface area (Å²) in [4.78, 5) is 25.6. The van der Waals surface area contributed by atoms with Crippen molar-refractivity contribution in [2.75, 3.05) is 23.8 Å². The van der Waals surface area contributed by atoms with E-state index in [1.165, 1.54) is 12.1 Å². The van der Waals surface area contributed by atoms with Crippen LogP contribution in [0.15, 0.2) is 23.0 Å². The van der Waals surface area contributed by atoms with Gasteiger partial charge in [0, 0.05) is 34.6 Å². The number of hydrogen-bond acceptors (Lipinski definition) is 6. The number of aromatic amines is 1. The van der Waals surface area contributed by atoms with Crippen LogP contribution in [0.1, 0.15) is 31.2 Å². The molecule has 0 radical (unpaired) electrons. The third-order valence-corrected chi connectivity index (χ3v) is 6.89. The summed E-state index contributed by atoms with van der Waals surface area (Å²) in [6.07, 6.45) is 9.28. The molecule has 0 spiro atoms. The lowest BCUT2D eigenvalue weighted by Gasteiger charge is -2.28. The first-order valence-corrected chi connectivity index (χ1v) is 11.6. The zero-order chi connectivity index (χ0) is 25.1. The first-order valence-electron chi connectivity index (χ1n) is 11.6. The summed E-state index contributed by atoms with van der Waals surface area (Å²) < 4.78 is 51.6. The fourth-order valence-corrected chi connectivity index (χ4v) is 5.28. The Kier molecular flexibility index (Phi) is 5.03. The molecule has 0 saturated carbocycles. The maximum Gasteiger partial charge on any atom is 0.347 e. The first-order chi connectivity index (χ1) is 17.4. The van der Waals surface area contributed by atoms with Crippen molar-refractivity contribution in [2.24, 2.45) is 0 Å². The normalized spacial score (nSPS) is 17.3. The van der Waals surface area contributed by atoms with Crippen molar-refractivity contribution in [3.05, 3.63) is 51.7 Å². The highest BCUT2D eigenvalue weighted by Gasteiger charge is 2.32. The molecule has 2 aromatic heterocycles. The van der Waals surface area contributed by atoms with E-state index >= 15 is 4.39 Å². The standard InChI is InChI=1S/C26H20F3N5O2/c1-2-14-17(27)10-18(28)15-8-12(30)9-16(19(14)15)22-21(29)23-20-24(33-26(35)32-23)34-7-5-3-4-6-13(34)11-36-25(20)31-22/h1,8-10,13H,3-7,11,30H2,(H,32,33,35)/t13-/m0/s1. The minimum Gasteiger partial charge on any atom is -0.475 e. The van der Waals surface area contributed by atoms with E-state index in [9.17, 15) is 13.6 Å². The van der Waals surface area contributed by atoms with E-state index in [0.29, 0.717) is 18.4 Å².